The van der Waals surface area contributed by atoms with Crippen molar-refractivity contribution in [2.24, 2.45) is 0 Å². The molecule has 2 N–H and O–H groups in total. The molecule has 7 nitrogen and oxygen atoms in total. The Morgan fingerprint density at radius 2 is 1.62 bits per heavy atom. The van der Waals surface area contributed by atoms with E-state index in [1.807, 2.05) is 19.1 Å². The van der Waals surface area contributed by atoms with Crippen LogP contribution in [0.15, 0.2) is 77.7 Å². The van der Waals surface area contributed by atoms with Crippen LogP contribution in [0.3, 0.4) is 0 Å². The Bertz CT molecular complexity index is 1310. The first kappa shape index (κ1) is 21.5. The van der Waals surface area contributed by atoms with Crippen LogP contribution in [0.4, 0.5) is 10.1 Å². The van der Waals surface area contributed by atoms with E-state index in [9.17, 15) is 22.4 Å². The number of benzene rings is 3. The van der Waals surface area contributed by atoms with Gasteiger partial charge >= 0.3 is 0 Å². The predicted molar refractivity (Wildman–Crippen MR) is 117 cm³/mol. The number of anilines is 1. The summed E-state index contributed by atoms with van der Waals surface area (Å²) in [4.78, 5) is 24.5. The lowest BCUT2D eigenvalue weighted by atomic mass is 10.1. The Hall–Kier alpha value is -3.72. The molecule has 1 atom stereocenters. The third-order valence-corrected chi connectivity index (χ3v) is 7.13. The van der Waals surface area contributed by atoms with E-state index >= 15 is 0 Å². The van der Waals surface area contributed by atoms with Gasteiger partial charge in [-0.25, -0.2) is 12.8 Å². The first-order valence-electron chi connectivity index (χ1n) is 9.86. The van der Waals surface area contributed by atoms with Gasteiger partial charge in [0.05, 0.1) is 16.1 Å². The SMILES string of the molecule is C[C@H]1Cc2ccccc2N1S(=O)(=O)c1cccc(C(=O)NNC(=O)c2ccccc2F)c1. The number of nitrogens with zero attached hydrogens (tertiary/aromatic N) is 1. The number of carbonyl (C=O) groups is 2. The van der Waals surface area contributed by atoms with Gasteiger partial charge in [-0.15, -0.1) is 0 Å². The lowest BCUT2D eigenvalue weighted by molar-refractivity contribution is 0.0844. The van der Waals surface area contributed by atoms with E-state index in [0.29, 0.717) is 12.1 Å². The summed E-state index contributed by atoms with van der Waals surface area (Å²) in [6.07, 6.45) is 0.595. The minimum Gasteiger partial charge on any atom is -0.267 e. The zero-order chi connectivity index (χ0) is 22.9. The number of amides is 2. The molecule has 0 saturated carbocycles. The molecule has 0 spiro atoms. The number of nitrogens with one attached hydrogen (secondary N) is 2. The van der Waals surface area contributed by atoms with Crippen molar-refractivity contribution in [3.63, 3.8) is 0 Å². The standard InChI is InChI=1S/C23H20FN3O4S/c1-15-13-16-7-2-5-12-21(16)27(15)32(30,31)18-9-6-8-17(14-18)22(28)25-26-23(29)19-10-3-4-11-20(19)24/h2-12,14-15H,13H2,1H3,(H,25,28)(H,26,29)/t15-/m0/s1. The van der Waals surface area contributed by atoms with Crippen molar-refractivity contribution in [1.29, 1.82) is 0 Å². The second-order valence-corrected chi connectivity index (χ2v) is 9.21. The second kappa shape index (κ2) is 8.43. The topological polar surface area (TPSA) is 95.6 Å². The van der Waals surface area contributed by atoms with Crippen LogP contribution in [0.2, 0.25) is 0 Å². The first-order valence-corrected chi connectivity index (χ1v) is 11.3. The number of rotatable bonds is 4. The van der Waals surface area contributed by atoms with Gasteiger partial charge in [-0.3, -0.25) is 24.7 Å². The van der Waals surface area contributed by atoms with E-state index in [1.165, 1.54) is 46.8 Å². The van der Waals surface area contributed by atoms with E-state index in [1.54, 1.807) is 12.1 Å². The zero-order valence-electron chi connectivity index (χ0n) is 17.1. The Balaban J connectivity index is 1.54. The molecule has 1 aliphatic heterocycles. The van der Waals surface area contributed by atoms with Gasteiger partial charge in [0.2, 0.25) is 0 Å². The minimum absolute atomic E-state index is 0.0278. The fourth-order valence-corrected chi connectivity index (χ4v) is 5.45. The average molecular weight is 453 g/mol. The van der Waals surface area contributed by atoms with Crippen LogP contribution in [-0.2, 0) is 16.4 Å². The molecule has 0 radical (unpaired) electrons. The van der Waals surface area contributed by atoms with Gasteiger partial charge < -0.3 is 0 Å². The highest BCUT2D eigenvalue weighted by Crippen LogP contribution is 2.36. The monoisotopic (exact) mass is 453 g/mol. The van der Waals surface area contributed by atoms with E-state index in [-0.39, 0.29) is 22.1 Å². The summed E-state index contributed by atoms with van der Waals surface area (Å²) in [6, 6.07) is 17.9. The maximum absolute atomic E-state index is 13.7. The molecule has 0 unspecified atom stereocenters. The summed E-state index contributed by atoms with van der Waals surface area (Å²) in [5.74, 6) is -2.29. The normalized spacial score (nSPS) is 15.2. The third kappa shape index (κ3) is 3.94. The lowest BCUT2D eigenvalue weighted by Crippen LogP contribution is -2.42. The fourth-order valence-electron chi connectivity index (χ4n) is 3.71. The van der Waals surface area contributed by atoms with Gasteiger partial charge in [-0.1, -0.05) is 36.4 Å². The molecule has 0 bridgehead atoms. The van der Waals surface area contributed by atoms with Crippen LogP contribution in [0.5, 0.6) is 0 Å². The Labute approximate surface area is 184 Å². The number of hydrogen-bond donors (Lipinski definition) is 2. The van der Waals surface area contributed by atoms with E-state index in [2.05, 4.69) is 10.9 Å². The van der Waals surface area contributed by atoms with Gasteiger partial charge in [-0.2, -0.15) is 0 Å². The highest BCUT2D eigenvalue weighted by atomic mass is 32.2. The largest absolute Gasteiger partial charge is 0.272 e. The number of fused-ring (bicyclic) bond motifs is 1. The van der Waals surface area contributed by atoms with Crippen molar-refractivity contribution in [3.8, 4) is 0 Å². The molecule has 9 heteroatoms. The van der Waals surface area contributed by atoms with Crippen LogP contribution in [0.25, 0.3) is 0 Å². The number of hydrogen-bond acceptors (Lipinski definition) is 4. The van der Waals surface area contributed by atoms with Gasteiger partial charge in [0.25, 0.3) is 21.8 Å². The van der Waals surface area contributed by atoms with Crippen molar-refractivity contribution in [3.05, 3.63) is 95.3 Å². The zero-order valence-corrected chi connectivity index (χ0v) is 17.9. The number of hydrazine groups is 1. The molecular formula is C23H20FN3O4S. The quantitative estimate of drug-likeness (QED) is 0.594. The first-order chi connectivity index (χ1) is 15.3. The van der Waals surface area contributed by atoms with Crippen LogP contribution >= 0.6 is 0 Å². The smallest absolute Gasteiger partial charge is 0.267 e. The molecular weight excluding hydrogens is 433 g/mol. The Morgan fingerprint density at radius 3 is 2.41 bits per heavy atom. The molecule has 1 heterocycles. The molecule has 1 aliphatic rings. The van der Waals surface area contributed by atoms with Gasteiger partial charge in [0.1, 0.15) is 5.82 Å². The molecule has 3 aromatic rings. The lowest BCUT2D eigenvalue weighted by Gasteiger charge is -2.24. The molecule has 164 valence electrons. The third-order valence-electron chi connectivity index (χ3n) is 5.21. The molecule has 32 heavy (non-hydrogen) atoms. The average Bonchev–Trinajstić information content (AvgIpc) is 3.14. The summed E-state index contributed by atoms with van der Waals surface area (Å²) in [6.45, 7) is 1.83. The summed E-state index contributed by atoms with van der Waals surface area (Å²) in [7, 11) is -3.92. The maximum atomic E-state index is 13.7. The van der Waals surface area contributed by atoms with Gasteiger partial charge in [-0.05, 0) is 55.3 Å². The second-order valence-electron chi connectivity index (χ2n) is 7.40. The van der Waals surface area contributed by atoms with Crippen LogP contribution in [0.1, 0.15) is 33.2 Å². The Kier molecular flexibility index (Phi) is 5.67. The summed E-state index contributed by atoms with van der Waals surface area (Å²) in [5.41, 5.74) is 5.67. The van der Waals surface area contributed by atoms with Crippen molar-refractivity contribution >= 4 is 27.5 Å². The molecule has 0 saturated heterocycles. The predicted octanol–water partition coefficient (Wildman–Crippen LogP) is 3.04. The molecule has 0 aromatic heterocycles. The van der Waals surface area contributed by atoms with Crippen molar-refractivity contribution in [2.75, 3.05) is 4.31 Å². The van der Waals surface area contributed by atoms with Crippen molar-refractivity contribution in [2.45, 2.75) is 24.3 Å². The van der Waals surface area contributed by atoms with E-state index < -0.39 is 27.7 Å². The number of para-hydroxylation sites is 1. The molecule has 3 aromatic carbocycles. The summed E-state index contributed by atoms with van der Waals surface area (Å²) >= 11 is 0. The maximum Gasteiger partial charge on any atom is 0.272 e. The summed E-state index contributed by atoms with van der Waals surface area (Å²) < 4.78 is 41.8. The van der Waals surface area contributed by atoms with Crippen LogP contribution < -0.4 is 15.2 Å². The highest BCUT2D eigenvalue weighted by Gasteiger charge is 2.36. The number of halogens is 1. The molecule has 2 amide bonds. The van der Waals surface area contributed by atoms with Crippen LogP contribution in [-0.4, -0.2) is 26.3 Å². The van der Waals surface area contributed by atoms with Gasteiger partial charge in [0.15, 0.2) is 0 Å². The van der Waals surface area contributed by atoms with E-state index in [4.69, 9.17) is 0 Å². The van der Waals surface area contributed by atoms with Crippen LogP contribution in [0, 0.1) is 5.82 Å². The summed E-state index contributed by atoms with van der Waals surface area (Å²) in [5, 5.41) is 0. The minimum atomic E-state index is -3.92. The number of carbonyl (C=O) groups excluding carboxylic acids is 2. The molecule has 4 rings (SSSR count). The van der Waals surface area contributed by atoms with Crippen molar-refractivity contribution < 1.29 is 22.4 Å². The van der Waals surface area contributed by atoms with E-state index in [0.717, 1.165) is 11.6 Å². The molecule has 0 aliphatic carbocycles. The Morgan fingerprint density at radius 1 is 0.938 bits per heavy atom. The highest BCUT2D eigenvalue weighted by molar-refractivity contribution is 7.92. The van der Waals surface area contributed by atoms with Crippen molar-refractivity contribution in [1.82, 2.24) is 10.9 Å². The number of sulfonamides is 1. The van der Waals surface area contributed by atoms with Gasteiger partial charge in [0, 0.05) is 11.6 Å². The fraction of sp³-hybridized carbons (Fsp3) is 0.130. The molecule has 0 fully saturated rings.